The molecule has 0 radical (unpaired) electrons. The molecular weight excluding hydrogens is 285 g/mol. The van der Waals surface area contributed by atoms with Crippen molar-refractivity contribution in [3.8, 4) is 0 Å². The average molecular weight is 303 g/mol. The molecule has 0 aliphatic carbocycles. The second kappa shape index (κ2) is 7.00. The molecule has 2 rings (SSSR count). The van der Waals surface area contributed by atoms with Crippen molar-refractivity contribution >= 4 is 11.4 Å². The molecule has 0 amide bonds. The van der Waals surface area contributed by atoms with Crippen molar-refractivity contribution in [3.63, 3.8) is 0 Å². The first kappa shape index (κ1) is 15.9. The van der Waals surface area contributed by atoms with Crippen LogP contribution >= 0.6 is 0 Å². The summed E-state index contributed by atoms with van der Waals surface area (Å²) in [7, 11) is 3.89. The number of halogens is 1. The van der Waals surface area contributed by atoms with E-state index in [0.29, 0.717) is 12.2 Å². The fraction of sp³-hybridized carbons (Fsp3) is 0.250. The van der Waals surface area contributed by atoms with Crippen molar-refractivity contribution in [2.24, 2.45) is 0 Å². The Morgan fingerprint density at radius 3 is 2.50 bits per heavy atom. The molecule has 0 saturated heterocycles. The number of benzene rings is 2. The number of hydrogen-bond acceptors (Lipinski definition) is 4. The number of rotatable bonds is 6. The van der Waals surface area contributed by atoms with Crippen LogP contribution in [0.1, 0.15) is 11.6 Å². The van der Waals surface area contributed by atoms with E-state index in [-0.39, 0.29) is 11.7 Å². The molecule has 0 fully saturated rings. The number of nitrogens with one attached hydrogen (secondary N) is 1. The SMILES string of the molecule is CN(C)C(CNc1ccc(F)cc1[N+](=O)[O-])c1ccccc1. The Morgan fingerprint density at radius 2 is 1.91 bits per heavy atom. The zero-order valence-corrected chi connectivity index (χ0v) is 12.5. The van der Waals surface area contributed by atoms with Gasteiger partial charge in [0.1, 0.15) is 11.5 Å². The molecule has 0 aromatic heterocycles. The van der Waals surface area contributed by atoms with Gasteiger partial charge in [-0.2, -0.15) is 0 Å². The van der Waals surface area contributed by atoms with E-state index in [9.17, 15) is 14.5 Å². The van der Waals surface area contributed by atoms with Gasteiger partial charge in [-0.1, -0.05) is 30.3 Å². The van der Waals surface area contributed by atoms with Gasteiger partial charge >= 0.3 is 0 Å². The summed E-state index contributed by atoms with van der Waals surface area (Å²) in [6.45, 7) is 0.476. The fourth-order valence-electron chi connectivity index (χ4n) is 2.29. The van der Waals surface area contributed by atoms with E-state index >= 15 is 0 Å². The smallest absolute Gasteiger partial charge is 0.295 e. The van der Waals surface area contributed by atoms with Gasteiger partial charge in [-0.25, -0.2) is 4.39 Å². The van der Waals surface area contributed by atoms with E-state index in [1.165, 1.54) is 12.1 Å². The average Bonchev–Trinajstić information content (AvgIpc) is 2.49. The van der Waals surface area contributed by atoms with Crippen molar-refractivity contribution in [1.82, 2.24) is 4.90 Å². The molecule has 2 aromatic carbocycles. The van der Waals surface area contributed by atoms with E-state index in [1.54, 1.807) is 0 Å². The van der Waals surface area contributed by atoms with Crippen molar-refractivity contribution in [2.75, 3.05) is 26.0 Å². The van der Waals surface area contributed by atoms with Crippen LogP contribution in [0.3, 0.4) is 0 Å². The lowest BCUT2D eigenvalue weighted by atomic mass is 10.1. The van der Waals surface area contributed by atoms with Gasteiger partial charge in [0.05, 0.1) is 17.0 Å². The number of nitrogens with zero attached hydrogens (tertiary/aromatic N) is 2. The van der Waals surface area contributed by atoms with Crippen LogP contribution in [-0.4, -0.2) is 30.5 Å². The number of anilines is 1. The fourth-order valence-corrected chi connectivity index (χ4v) is 2.29. The summed E-state index contributed by atoms with van der Waals surface area (Å²) in [5.41, 5.74) is 1.16. The molecule has 0 aliphatic rings. The third kappa shape index (κ3) is 3.79. The number of hydrogen-bond donors (Lipinski definition) is 1. The maximum atomic E-state index is 13.2. The quantitative estimate of drug-likeness (QED) is 0.656. The van der Waals surface area contributed by atoms with E-state index < -0.39 is 10.7 Å². The largest absolute Gasteiger partial charge is 0.378 e. The van der Waals surface area contributed by atoms with Crippen LogP contribution in [0.5, 0.6) is 0 Å². The molecular formula is C16H18FN3O2. The number of likely N-dealkylation sites (N-methyl/N-ethyl adjacent to an activating group) is 1. The summed E-state index contributed by atoms with van der Waals surface area (Å²) >= 11 is 0. The number of nitro benzene ring substituents is 1. The minimum Gasteiger partial charge on any atom is -0.378 e. The first-order valence-electron chi connectivity index (χ1n) is 6.88. The monoisotopic (exact) mass is 303 g/mol. The Hall–Kier alpha value is -2.47. The van der Waals surface area contributed by atoms with Gasteiger partial charge in [0.15, 0.2) is 0 Å². The predicted molar refractivity (Wildman–Crippen MR) is 84.4 cm³/mol. The van der Waals surface area contributed by atoms with Crippen LogP contribution in [0, 0.1) is 15.9 Å². The molecule has 1 unspecified atom stereocenters. The van der Waals surface area contributed by atoms with E-state index in [2.05, 4.69) is 5.32 Å². The first-order chi connectivity index (χ1) is 10.5. The van der Waals surface area contributed by atoms with Gasteiger partial charge < -0.3 is 10.2 Å². The van der Waals surface area contributed by atoms with Gasteiger partial charge in [0, 0.05) is 6.54 Å². The lowest BCUT2D eigenvalue weighted by Gasteiger charge is -2.25. The van der Waals surface area contributed by atoms with Crippen LogP contribution in [0.2, 0.25) is 0 Å². The van der Waals surface area contributed by atoms with Crippen LogP contribution in [0.15, 0.2) is 48.5 Å². The van der Waals surface area contributed by atoms with E-state index in [0.717, 1.165) is 11.6 Å². The molecule has 2 aromatic rings. The Labute approximate surface area is 128 Å². The summed E-state index contributed by atoms with van der Waals surface area (Å²) in [5, 5.41) is 14.1. The van der Waals surface area contributed by atoms with Gasteiger partial charge in [0.25, 0.3) is 5.69 Å². The first-order valence-corrected chi connectivity index (χ1v) is 6.88. The summed E-state index contributed by atoms with van der Waals surface area (Å²) in [4.78, 5) is 12.5. The van der Waals surface area contributed by atoms with Crippen LogP contribution in [0.4, 0.5) is 15.8 Å². The molecule has 0 heterocycles. The van der Waals surface area contributed by atoms with Crippen molar-refractivity contribution in [2.45, 2.75) is 6.04 Å². The Kier molecular flexibility index (Phi) is 5.06. The Balaban J connectivity index is 2.19. The third-order valence-corrected chi connectivity index (χ3v) is 3.45. The normalized spacial score (nSPS) is 12.2. The van der Waals surface area contributed by atoms with Gasteiger partial charge in [-0.05, 0) is 31.8 Å². The van der Waals surface area contributed by atoms with Crippen LogP contribution in [-0.2, 0) is 0 Å². The maximum absolute atomic E-state index is 13.2. The second-order valence-electron chi connectivity index (χ2n) is 5.19. The molecule has 0 spiro atoms. The third-order valence-electron chi connectivity index (χ3n) is 3.45. The Morgan fingerprint density at radius 1 is 1.23 bits per heavy atom. The summed E-state index contributed by atoms with van der Waals surface area (Å²) in [6.07, 6.45) is 0. The Bertz CT molecular complexity index is 647. The minimum atomic E-state index is -0.621. The van der Waals surface area contributed by atoms with E-state index in [4.69, 9.17) is 0 Å². The van der Waals surface area contributed by atoms with Gasteiger partial charge in [-0.3, -0.25) is 10.1 Å². The van der Waals surface area contributed by atoms with Crippen molar-refractivity contribution in [3.05, 3.63) is 70.0 Å². The summed E-state index contributed by atoms with van der Waals surface area (Å²) in [5.74, 6) is -0.621. The highest BCUT2D eigenvalue weighted by Crippen LogP contribution is 2.26. The highest BCUT2D eigenvalue weighted by molar-refractivity contribution is 5.61. The lowest BCUT2D eigenvalue weighted by molar-refractivity contribution is -0.384. The summed E-state index contributed by atoms with van der Waals surface area (Å²) in [6, 6.07) is 13.4. The van der Waals surface area contributed by atoms with Crippen molar-refractivity contribution in [1.29, 1.82) is 0 Å². The molecule has 6 heteroatoms. The molecule has 116 valence electrons. The van der Waals surface area contributed by atoms with Crippen LogP contribution in [0.25, 0.3) is 0 Å². The number of nitro groups is 1. The van der Waals surface area contributed by atoms with Crippen LogP contribution < -0.4 is 5.32 Å². The molecule has 1 atom stereocenters. The zero-order chi connectivity index (χ0) is 16.1. The van der Waals surface area contributed by atoms with Crippen molar-refractivity contribution < 1.29 is 9.31 Å². The molecule has 0 bridgehead atoms. The van der Waals surface area contributed by atoms with Gasteiger partial charge in [-0.15, -0.1) is 0 Å². The van der Waals surface area contributed by atoms with Gasteiger partial charge in [0.2, 0.25) is 0 Å². The lowest BCUT2D eigenvalue weighted by Crippen LogP contribution is -2.27. The topological polar surface area (TPSA) is 58.4 Å². The molecule has 22 heavy (non-hydrogen) atoms. The maximum Gasteiger partial charge on any atom is 0.295 e. The van der Waals surface area contributed by atoms with E-state index in [1.807, 2.05) is 49.3 Å². The highest BCUT2D eigenvalue weighted by atomic mass is 19.1. The zero-order valence-electron chi connectivity index (χ0n) is 12.5. The second-order valence-corrected chi connectivity index (χ2v) is 5.19. The molecule has 0 aliphatic heterocycles. The predicted octanol–water partition coefficient (Wildman–Crippen LogP) is 3.45. The molecule has 1 N–H and O–H groups in total. The highest BCUT2D eigenvalue weighted by Gasteiger charge is 2.18. The standard InChI is InChI=1S/C16H18FN3O2/c1-19(2)16(12-6-4-3-5-7-12)11-18-14-9-8-13(17)10-15(14)20(21)22/h3-10,16,18H,11H2,1-2H3. The summed E-state index contributed by atoms with van der Waals surface area (Å²) < 4.78 is 13.2. The minimum absolute atomic E-state index is 0.0471. The molecule has 0 saturated carbocycles. The molecule has 5 nitrogen and oxygen atoms in total.